The van der Waals surface area contributed by atoms with Crippen LogP contribution in [0.5, 0.6) is 5.75 Å². The number of rotatable bonds is 9. The first-order valence-corrected chi connectivity index (χ1v) is 8.47. The quantitative estimate of drug-likeness (QED) is 0.194. The second kappa shape index (κ2) is 14.4. The number of carbonyl (C=O) groups is 4. The monoisotopic (exact) mass is 476 g/mol. The fourth-order valence-electron chi connectivity index (χ4n) is 1.58. The first kappa shape index (κ1) is 30.5. The average molecular weight is 477 g/mol. The van der Waals surface area contributed by atoms with Crippen LogP contribution in [-0.4, -0.2) is 97.6 Å². The molecule has 0 amide bonds. The molecule has 30 heavy (non-hydrogen) atoms. The molecule has 10 nitrogen and oxygen atoms in total. The van der Waals surface area contributed by atoms with Crippen LogP contribution in [0.2, 0.25) is 10.0 Å². The summed E-state index contributed by atoms with van der Waals surface area (Å²) in [6.07, 6.45) is -4.03. The molecule has 0 saturated carbocycles. The van der Waals surface area contributed by atoms with Crippen LogP contribution < -0.4 is 4.74 Å². The third-order valence-corrected chi connectivity index (χ3v) is 4.06. The summed E-state index contributed by atoms with van der Waals surface area (Å²) in [5, 5.41) is 41.1. The molecule has 0 heterocycles. The number of benzene rings is 1. The Morgan fingerprint density at radius 2 is 1.47 bits per heavy atom. The summed E-state index contributed by atoms with van der Waals surface area (Å²) in [5.41, 5.74) is 0.637. The summed E-state index contributed by atoms with van der Waals surface area (Å²) in [5.74, 6) is -4.84. The summed E-state index contributed by atoms with van der Waals surface area (Å²) in [6.45, 7) is 4.91. The van der Waals surface area contributed by atoms with Crippen molar-refractivity contribution in [3.63, 3.8) is 0 Å². The first-order chi connectivity index (χ1) is 13.3. The zero-order valence-electron chi connectivity index (χ0n) is 15.0. The number of aliphatic hydroxyl groups is 2. The van der Waals surface area contributed by atoms with Crippen molar-refractivity contribution in [1.29, 1.82) is 0 Å². The standard InChI is InChI=1S/C13H12Cl2O4.C4H6O6.Na.H/c1-3-7(2)13(18)8-4-5-9(12(15)11(8)14)19-6-10(16)17;5-1(3(7)8)2(6)4(9)10;;/h4-5H,2-3,6H2,1H3,(H,16,17);1-2,5-6H,(H,7,8)(H,9,10);;. The fourth-order valence-corrected chi connectivity index (χ4v) is 2.04. The molecule has 0 fully saturated rings. The summed E-state index contributed by atoms with van der Waals surface area (Å²) in [7, 11) is 0. The number of Topliss-reactive ketones (excluding diaryl/α,β-unsaturated/α-hetero) is 1. The number of carboxylic acids is 3. The summed E-state index contributed by atoms with van der Waals surface area (Å²) < 4.78 is 4.95. The number of carbonyl (C=O) groups excluding carboxylic acids is 1. The van der Waals surface area contributed by atoms with Gasteiger partial charge in [0.25, 0.3) is 0 Å². The van der Waals surface area contributed by atoms with Crippen LogP contribution in [0.25, 0.3) is 0 Å². The number of allylic oxidation sites excluding steroid dienone is 1. The number of hydrogen-bond donors (Lipinski definition) is 5. The third kappa shape index (κ3) is 9.43. The van der Waals surface area contributed by atoms with Crippen LogP contribution in [0.3, 0.4) is 0 Å². The number of halogens is 2. The molecule has 2 atom stereocenters. The van der Waals surface area contributed by atoms with Crippen molar-refractivity contribution in [2.24, 2.45) is 0 Å². The van der Waals surface area contributed by atoms with Gasteiger partial charge in [-0.05, 0) is 24.1 Å². The molecule has 5 N–H and O–H groups in total. The molecule has 2 unspecified atom stereocenters. The van der Waals surface area contributed by atoms with Gasteiger partial charge in [-0.2, -0.15) is 0 Å². The Hall–Kier alpha value is -1.66. The van der Waals surface area contributed by atoms with Crippen molar-refractivity contribution in [1.82, 2.24) is 0 Å². The Balaban J connectivity index is 0. The molecule has 1 aromatic carbocycles. The van der Waals surface area contributed by atoms with E-state index >= 15 is 0 Å². The molecule has 0 aliphatic heterocycles. The van der Waals surface area contributed by atoms with E-state index in [0.29, 0.717) is 12.0 Å². The summed E-state index contributed by atoms with van der Waals surface area (Å²) >= 11 is 11.9. The van der Waals surface area contributed by atoms with E-state index in [1.807, 2.05) is 0 Å². The Kier molecular flexibility index (Phi) is 14.6. The van der Waals surface area contributed by atoms with Crippen LogP contribution in [0.1, 0.15) is 23.7 Å². The number of ether oxygens (including phenoxy) is 1. The topological polar surface area (TPSA) is 179 Å². The van der Waals surface area contributed by atoms with Crippen LogP contribution in [0, 0.1) is 0 Å². The Morgan fingerprint density at radius 3 is 1.83 bits per heavy atom. The number of ketones is 1. The van der Waals surface area contributed by atoms with Crippen LogP contribution in [-0.2, 0) is 14.4 Å². The molecule has 0 aliphatic rings. The third-order valence-electron chi connectivity index (χ3n) is 3.20. The molecule has 0 bridgehead atoms. The van der Waals surface area contributed by atoms with Crippen molar-refractivity contribution in [2.45, 2.75) is 25.6 Å². The molecular formula is C17H19Cl2NaO10. The number of carboxylic acid groups (broad SMARTS) is 3. The molecule has 0 aromatic heterocycles. The minimum atomic E-state index is -2.27. The van der Waals surface area contributed by atoms with Gasteiger partial charge in [-0.1, -0.05) is 36.7 Å². The number of aliphatic hydroxyl groups excluding tert-OH is 2. The van der Waals surface area contributed by atoms with Crippen molar-refractivity contribution >= 4 is 76.5 Å². The van der Waals surface area contributed by atoms with Crippen molar-refractivity contribution in [3.05, 3.63) is 39.9 Å². The maximum atomic E-state index is 11.9. The molecule has 0 aliphatic carbocycles. The van der Waals surface area contributed by atoms with Gasteiger partial charge >= 0.3 is 47.5 Å². The van der Waals surface area contributed by atoms with E-state index in [4.69, 9.17) is 53.5 Å². The molecule has 162 valence electrons. The van der Waals surface area contributed by atoms with Crippen molar-refractivity contribution in [3.8, 4) is 5.75 Å². The van der Waals surface area contributed by atoms with Gasteiger partial charge in [0.1, 0.15) is 10.8 Å². The zero-order chi connectivity index (χ0) is 22.9. The van der Waals surface area contributed by atoms with Gasteiger partial charge in [0.2, 0.25) is 0 Å². The fraction of sp³-hybridized carbons (Fsp3) is 0.294. The predicted octanol–water partition coefficient (Wildman–Crippen LogP) is 0.835. The van der Waals surface area contributed by atoms with E-state index in [-0.39, 0.29) is 56.7 Å². The SMILES string of the molecule is C=C(CC)C(=O)c1ccc(OCC(=O)O)c(Cl)c1Cl.O=C(O)C(O)C(O)C(=O)O.[NaH]. The molecule has 1 rings (SSSR count). The second-order valence-corrected chi connectivity index (χ2v) is 6.03. The van der Waals surface area contributed by atoms with Crippen LogP contribution in [0.15, 0.2) is 24.3 Å². The second-order valence-electron chi connectivity index (χ2n) is 5.27. The van der Waals surface area contributed by atoms with E-state index in [1.54, 1.807) is 6.92 Å². The van der Waals surface area contributed by atoms with Crippen LogP contribution in [0.4, 0.5) is 0 Å². The predicted molar refractivity (Wildman–Crippen MR) is 108 cm³/mol. The van der Waals surface area contributed by atoms with Gasteiger partial charge < -0.3 is 30.3 Å². The summed E-state index contributed by atoms with van der Waals surface area (Å²) in [4.78, 5) is 41.9. The number of hydrogen-bond acceptors (Lipinski definition) is 7. The van der Waals surface area contributed by atoms with Gasteiger partial charge in [-0.15, -0.1) is 0 Å². The Morgan fingerprint density at radius 1 is 1.00 bits per heavy atom. The van der Waals surface area contributed by atoms with Gasteiger partial charge in [0, 0.05) is 5.56 Å². The molecule has 0 saturated heterocycles. The van der Waals surface area contributed by atoms with E-state index in [9.17, 15) is 19.2 Å². The van der Waals surface area contributed by atoms with Crippen molar-refractivity contribution in [2.75, 3.05) is 6.61 Å². The molecule has 1 aromatic rings. The Bertz CT molecular complexity index is 794. The molecular weight excluding hydrogens is 458 g/mol. The van der Waals surface area contributed by atoms with Gasteiger partial charge in [0.15, 0.2) is 24.6 Å². The Labute approximate surface area is 203 Å². The van der Waals surface area contributed by atoms with Crippen molar-refractivity contribution < 1.29 is 49.4 Å². The van der Waals surface area contributed by atoms with Gasteiger partial charge in [-0.3, -0.25) is 4.79 Å². The summed E-state index contributed by atoms with van der Waals surface area (Å²) in [6, 6.07) is 2.85. The normalized spacial score (nSPS) is 11.6. The van der Waals surface area contributed by atoms with E-state index < -0.39 is 36.7 Å². The first-order valence-electron chi connectivity index (χ1n) is 7.71. The van der Waals surface area contributed by atoms with E-state index in [2.05, 4.69) is 6.58 Å². The molecule has 0 radical (unpaired) electrons. The van der Waals surface area contributed by atoms with E-state index in [1.165, 1.54) is 12.1 Å². The average Bonchev–Trinajstić information content (AvgIpc) is 2.66. The van der Waals surface area contributed by atoms with Crippen LogP contribution >= 0.6 is 23.2 Å². The van der Waals surface area contributed by atoms with Gasteiger partial charge in [-0.25, -0.2) is 14.4 Å². The molecule has 13 heteroatoms. The van der Waals surface area contributed by atoms with E-state index in [0.717, 1.165) is 0 Å². The zero-order valence-corrected chi connectivity index (χ0v) is 16.5. The number of aliphatic carboxylic acids is 3. The van der Waals surface area contributed by atoms with Gasteiger partial charge in [0.05, 0.1) is 5.02 Å². The maximum absolute atomic E-state index is 11.9. The minimum absolute atomic E-state index is 0. The molecule has 0 spiro atoms.